The molecule has 0 aromatic heterocycles. The van der Waals surface area contributed by atoms with Gasteiger partial charge in [-0.05, 0) is 19.3 Å². The van der Waals surface area contributed by atoms with Crippen molar-refractivity contribution in [2.75, 3.05) is 0 Å². The van der Waals surface area contributed by atoms with Gasteiger partial charge < -0.3 is 0 Å². The van der Waals surface area contributed by atoms with Gasteiger partial charge in [-0.25, -0.2) is 0 Å². The van der Waals surface area contributed by atoms with Crippen molar-refractivity contribution in [2.45, 2.75) is 59.3 Å². The van der Waals surface area contributed by atoms with E-state index in [0.29, 0.717) is 0 Å². The topological polar surface area (TPSA) is 0 Å². The molecule has 0 bridgehead atoms. The van der Waals surface area contributed by atoms with Gasteiger partial charge in [0.05, 0.1) is 0 Å². The molecule has 0 aromatic carbocycles. The van der Waals surface area contributed by atoms with Crippen molar-refractivity contribution < 1.29 is 0 Å². The molecule has 70 valence electrons. The quantitative estimate of drug-likeness (QED) is 0.516. The molecule has 0 saturated heterocycles. The summed E-state index contributed by atoms with van der Waals surface area (Å²) in [5.41, 5.74) is 3.64. The van der Waals surface area contributed by atoms with E-state index < -0.39 is 0 Å². The second-order valence-corrected chi connectivity index (χ2v) is 3.89. The fourth-order valence-corrected chi connectivity index (χ4v) is 2.22. The van der Waals surface area contributed by atoms with Crippen LogP contribution in [0.3, 0.4) is 0 Å². The Morgan fingerprint density at radius 2 is 1.33 bits per heavy atom. The summed E-state index contributed by atoms with van der Waals surface area (Å²) in [5.74, 6) is 0.954. The minimum Gasteiger partial charge on any atom is -0.0653 e. The van der Waals surface area contributed by atoms with Crippen LogP contribution in [0.4, 0.5) is 0 Å². The second kappa shape index (κ2) is 4.69. The van der Waals surface area contributed by atoms with E-state index >= 15 is 0 Å². The molecule has 0 unspecified atom stereocenters. The Morgan fingerprint density at radius 1 is 0.833 bits per heavy atom. The maximum Gasteiger partial charge on any atom is 0.00126 e. The third-order valence-electron chi connectivity index (χ3n) is 2.79. The zero-order chi connectivity index (χ0) is 8.97. The van der Waals surface area contributed by atoms with Crippen LogP contribution in [0.25, 0.3) is 0 Å². The molecule has 0 amide bonds. The summed E-state index contributed by atoms with van der Waals surface area (Å²) in [5, 5.41) is 0. The lowest BCUT2D eigenvalue weighted by molar-refractivity contribution is 0.685. The van der Waals surface area contributed by atoms with Crippen molar-refractivity contribution >= 4 is 0 Å². The molecular weight excluding hydrogens is 144 g/mol. The summed E-state index contributed by atoms with van der Waals surface area (Å²) in [6, 6.07) is 0. The smallest absolute Gasteiger partial charge is 0.00126 e. The third-order valence-corrected chi connectivity index (χ3v) is 2.79. The van der Waals surface area contributed by atoms with Crippen LogP contribution in [-0.4, -0.2) is 0 Å². The van der Waals surface area contributed by atoms with Gasteiger partial charge in [0.1, 0.15) is 0 Å². The third kappa shape index (κ3) is 2.12. The van der Waals surface area contributed by atoms with Crippen molar-refractivity contribution in [2.24, 2.45) is 5.92 Å². The molecule has 0 N–H and O–H groups in total. The Labute approximate surface area is 77.1 Å². The number of rotatable bonds is 6. The SMILES string of the molecule is CCCC1=C(CCC)C1CCC. The molecular formula is C12H22. The van der Waals surface area contributed by atoms with Gasteiger partial charge in [-0.3, -0.25) is 0 Å². The molecule has 0 radical (unpaired) electrons. The molecule has 0 spiro atoms. The molecule has 1 aliphatic rings. The van der Waals surface area contributed by atoms with Gasteiger partial charge in [-0.1, -0.05) is 51.2 Å². The molecule has 0 nitrogen and oxygen atoms in total. The van der Waals surface area contributed by atoms with E-state index in [1.807, 2.05) is 11.1 Å². The van der Waals surface area contributed by atoms with Crippen LogP contribution in [0, 0.1) is 5.92 Å². The van der Waals surface area contributed by atoms with E-state index in [4.69, 9.17) is 0 Å². The Balaban J connectivity index is 2.32. The average Bonchev–Trinajstić information content (AvgIpc) is 2.67. The molecule has 0 aliphatic heterocycles. The van der Waals surface area contributed by atoms with Crippen LogP contribution in [0.2, 0.25) is 0 Å². The first-order chi connectivity index (χ1) is 5.85. The molecule has 0 fully saturated rings. The van der Waals surface area contributed by atoms with E-state index in [-0.39, 0.29) is 0 Å². The maximum atomic E-state index is 2.30. The standard InChI is InChI=1S/C12H22/c1-4-7-10-11(8-5-2)12(10)9-6-3/h10H,4-9H2,1-3H3. The molecule has 0 saturated carbocycles. The lowest BCUT2D eigenvalue weighted by Gasteiger charge is -1.96. The fourth-order valence-electron chi connectivity index (χ4n) is 2.22. The Bertz CT molecular complexity index is 149. The van der Waals surface area contributed by atoms with Crippen LogP contribution in [0.15, 0.2) is 11.1 Å². The highest BCUT2D eigenvalue weighted by Gasteiger charge is 2.32. The monoisotopic (exact) mass is 166 g/mol. The normalized spacial score (nSPS) is 17.2. The Morgan fingerprint density at radius 3 is 1.67 bits per heavy atom. The highest BCUT2D eigenvalue weighted by molar-refractivity contribution is 5.40. The zero-order valence-electron chi connectivity index (χ0n) is 8.82. The van der Waals surface area contributed by atoms with Crippen LogP contribution >= 0.6 is 0 Å². The van der Waals surface area contributed by atoms with E-state index in [9.17, 15) is 0 Å². The van der Waals surface area contributed by atoms with Crippen LogP contribution in [0.1, 0.15) is 59.3 Å². The second-order valence-electron chi connectivity index (χ2n) is 3.89. The molecule has 0 heteroatoms. The van der Waals surface area contributed by atoms with E-state index in [0.717, 1.165) is 5.92 Å². The first kappa shape index (κ1) is 9.83. The largest absolute Gasteiger partial charge is 0.0653 e. The Kier molecular flexibility index (Phi) is 3.84. The highest BCUT2D eigenvalue weighted by atomic mass is 14.4. The molecule has 0 heterocycles. The minimum atomic E-state index is 0.954. The van der Waals surface area contributed by atoms with Gasteiger partial charge in [-0.15, -0.1) is 0 Å². The first-order valence-electron chi connectivity index (χ1n) is 5.56. The fraction of sp³-hybridized carbons (Fsp3) is 0.833. The van der Waals surface area contributed by atoms with Gasteiger partial charge >= 0.3 is 0 Å². The van der Waals surface area contributed by atoms with Crippen molar-refractivity contribution in [1.82, 2.24) is 0 Å². The zero-order valence-corrected chi connectivity index (χ0v) is 8.82. The van der Waals surface area contributed by atoms with Gasteiger partial charge in [0.15, 0.2) is 0 Å². The molecule has 12 heavy (non-hydrogen) atoms. The lowest BCUT2D eigenvalue weighted by atomic mass is 10.1. The van der Waals surface area contributed by atoms with Gasteiger partial charge in [-0.2, -0.15) is 0 Å². The number of hydrogen-bond donors (Lipinski definition) is 0. The molecule has 1 rings (SSSR count). The summed E-state index contributed by atoms with van der Waals surface area (Å²) >= 11 is 0. The summed E-state index contributed by atoms with van der Waals surface area (Å²) < 4.78 is 0. The van der Waals surface area contributed by atoms with E-state index in [2.05, 4.69) is 20.8 Å². The van der Waals surface area contributed by atoms with E-state index in [1.54, 1.807) is 0 Å². The number of hydrogen-bond acceptors (Lipinski definition) is 0. The van der Waals surface area contributed by atoms with Crippen LogP contribution in [-0.2, 0) is 0 Å². The van der Waals surface area contributed by atoms with Crippen LogP contribution in [0.5, 0.6) is 0 Å². The summed E-state index contributed by atoms with van der Waals surface area (Å²) in [6.07, 6.45) is 8.20. The lowest BCUT2D eigenvalue weighted by Crippen LogP contribution is -1.82. The first-order valence-corrected chi connectivity index (χ1v) is 5.56. The average molecular weight is 166 g/mol. The van der Waals surface area contributed by atoms with Crippen LogP contribution < -0.4 is 0 Å². The van der Waals surface area contributed by atoms with Crippen molar-refractivity contribution in [1.29, 1.82) is 0 Å². The van der Waals surface area contributed by atoms with Crippen molar-refractivity contribution in [3.63, 3.8) is 0 Å². The number of allylic oxidation sites excluding steroid dienone is 2. The summed E-state index contributed by atoms with van der Waals surface area (Å²) in [7, 11) is 0. The summed E-state index contributed by atoms with van der Waals surface area (Å²) in [6.45, 7) is 6.88. The van der Waals surface area contributed by atoms with E-state index in [1.165, 1.54) is 38.5 Å². The maximum absolute atomic E-state index is 2.30. The van der Waals surface area contributed by atoms with Gasteiger partial charge in [0.2, 0.25) is 0 Å². The predicted octanol–water partition coefficient (Wildman–Crippen LogP) is 4.31. The molecule has 1 aliphatic carbocycles. The van der Waals surface area contributed by atoms with Gasteiger partial charge in [0, 0.05) is 5.92 Å². The van der Waals surface area contributed by atoms with Gasteiger partial charge in [0.25, 0.3) is 0 Å². The minimum absolute atomic E-state index is 0.954. The molecule has 0 atom stereocenters. The summed E-state index contributed by atoms with van der Waals surface area (Å²) in [4.78, 5) is 0. The molecule has 0 aromatic rings. The predicted molar refractivity (Wildman–Crippen MR) is 55.2 cm³/mol. The Hall–Kier alpha value is -0.260. The van der Waals surface area contributed by atoms with Crippen molar-refractivity contribution in [3.05, 3.63) is 11.1 Å². The van der Waals surface area contributed by atoms with Crippen molar-refractivity contribution in [3.8, 4) is 0 Å². The highest BCUT2D eigenvalue weighted by Crippen LogP contribution is 2.47.